The number of unbranched alkanes of at least 4 members (excludes halogenated alkanes) is 24. The number of carboxylic acid groups (broad SMARTS) is 1. The van der Waals surface area contributed by atoms with Gasteiger partial charge in [-0.2, -0.15) is 0 Å². The zero-order valence-corrected chi connectivity index (χ0v) is 27.4. The molecule has 0 aromatic rings. The molecule has 3 heteroatoms. The molecule has 0 amide bonds. The number of carbonyl (C=O) groups is 1. The molecule has 0 radical (unpaired) electrons. The monoisotopic (exact) mass is 542 g/mol. The summed E-state index contributed by atoms with van der Waals surface area (Å²) in [4.78, 5) is 11.1. The van der Waals surface area contributed by atoms with Gasteiger partial charge in [-0.15, -0.1) is 0 Å². The molecule has 0 aromatic carbocycles. The van der Waals surface area contributed by atoms with Crippen molar-refractivity contribution in [1.82, 2.24) is 4.90 Å². The highest BCUT2D eigenvalue weighted by Crippen LogP contribution is 2.14. The SMILES string of the molecule is CC.CCCCCCCCCCCCCCCN(CC)CCCCCCCCCCCCCCC.O=CO. The van der Waals surface area contributed by atoms with Crippen LogP contribution in [0.15, 0.2) is 0 Å². The van der Waals surface area contributed by atoms with Crippen LogP contribution in [0.1, 0.15) is 202 Å². The predicted octanol–water partition coefficient (Wildman–Crippen LogP) is 12.2. The number of hydrogen-bond donors (Lipinski definition) is 1. The average molecular weight is 542 g/mol. The molecule has 0 rings (SSSR count). The highest BCUT2D eigenvalue weighted by molar-refractivity contribution is 5.32. The quantitative estimate of drug-likeness (QED) is 0.0756. The molecule has 0 aliphatic carbocycles. The second kappa shape index (κ2) is 43.5. The van der Waals surface area contributed by atoms with Crippen molar-refractivity contribution in [3.8, 4) is 0 Å². The molecule has 0 spiro atoms. The van der Waals surface area contributed by atoms with Crippen molar-refractivity contribution in [3.63, 3.8) is 0 Å². The maximum atomic E-state index is 8.36. The summed E-state index contributed by atoms with van der Waals surface area (Å²) in [5, 5.41) is 6.89. The molecule has 38 heavy (non-hydrogen) atoms. The van der Waals surface area contributed by atoms with Crippen LogP contribution in [0, 0.1) is 0 Å². The van der Waals surface area contributed by atoms with E-state index in [9.17, 15) is 0 Å². The van der Waals surface area contributed by atoms with E-state index in [1.165, 1.54) is 187 Å². The van der Waals surface area contributed by atoms with Gasteiger partial charge in [0, 0.05) is 0 Å². The third kappa shape index (κ3) is 42.5. The molecule has 0 aliphatic rings. The van der Waals surface area contributed by atoms with E-state index in [0.717, 1.165) is 0 Å². The molecule has 0 bridgehead atoms. The third-order valence-corrected chi connectivity index (χ3v) is 7.60. The van der Waals surface area contributed by atoms with Crippen LogP contribution in [0.4, 0.5) is 0 Å². The molecule has 0 saturated heterocycles. The molecule has 3 nitrogen and oxygen atoms in total. The largest absolute Gasteiger partial charge is 0.483 e. The first-order valence-electron chi connectivity index (χ1n) is 17.6. The fraction of sp³-hybridized carbons (Fsp3) is 0.971. The van der Waals surface area contributed by atoms with E-state index < -0.39 is 0 Å². The van der Waals surface area contributed by atoms with Gasteiger partial charge >= 0.3 is 0 Å². The molecule has 0 saturated carbocycles. The lowest BCUT2D eigenvalue weighted by atomic mass is 10.0. The second-order valence-electron chi connectivity index (χ2n) is 11.0. The Morgan fingerprint density at radius 1 is 0.421 bits per heavy atom. The fourth-order valence-electron chi connectivity index (χ4n) is 5.13. The number of rotatable bonds is 29. The van der Waals surface area contributed by atoms with Crippen molar-refractivity contribution in [1.29, 1.82) is 0 Å². The van der Waals surface area contributed by atoms with Crippen molar-refractivity contribution in [2.45, 2.75) is 202 Å². The molecule has 1 N–H and O–H groups in total. The topological polar surface area (TPSA) is 40.5 Å². The molecule has 0 aliphatic heterocycles. The standard InChI is InChI=1S/C32H67N.C2H6.CH2O2/c1-4-7-9-11-13-15-17-19-21-23-25-27-29-31-33(6-3)32-30-28-26-24-22-20-18-16-14-12-10-8-5-2;1-2;2-1-3/h4-32H2,1-3H3;1-2H3;1H,(H,2,3). The van der Waals surface area contributed by atoms with Crippen molar-refractivity contribution in [3.05, 3.63) is 0 Å². The lowest BCUT2D eigenvalue weighted by Gasteiger charge is -2.20. The van der Waals surface area contributed by atoms with Gasteiger partial charge in [0.05, 0.1) is 0 Å². The van der Waals surface area contributed by atoms with E-state index >= 15 is 0 Å². The van der Waals surface area contributed by atoms with Crippen LogP contribution in [0.2, 0.25) is 0 Å². The third-order valence-electron chi connectivity index (χ3n) is 7.60. The Hall–Kier alpha value is -0.570. The minimum Gasteiger partial charge on any atom is -0.483 e. The van der Waals surface area contributed by atoms with Crippen LogP contribution < -0.4 is 0 Å². The molecule has 0 atom stereocenters. The van der Waals surface area contributed by atoms with E-state index in [4.69, 9.17) is 9.90 Å². The Morgan fingerprint density at radius 2 is 0.605 bits per heavy atom. The summed E-state index contributed by atoms with van der Waals surface area (Å²) in [5.41, 5.74) is 0. The Balaban J connectivity index is -0.00000227. The van der Waals surface area contributed by atoms with E-state index in [2.05, 4.69) is 25.7 Å². The summed E-state index contributed by atoms with van der Waals surface area (Å²) in [6.45, 7) is 14.6. The van der Waals surface area contributed by atoms with Crippen LogP contribution >= 0.6 is 0 Å². The zero-order chi connectivity index (χ0) is 28.8. The zero-order valence-electron chi connectivity index (χ0n) is 27.4. The summed E-state index contributed by atoms with van der Waals surface area (Å²) in [5.74, 6) is 0. The van der Waals surface area contributed by atoms with Crippen LogP contribution in [0.25, 0.3) is 0 Å². The van der Waals surface area contributed by atoms with Crippen LogP contribution in [-0.2, 0) is 4.79 Å². The lowest BCUT2D eigenvalue weighted by molar-refractivity contribution is -0.122. The maximum Gasteiger partial charge on any atom is 0.290 e. The highest BCUT2D eigenvalue weighted by Gasteiger charge is 2.02. The van der Waals surface area contributed by atoms with E-state index in [1.54, 1.807) is 0 Å². The van der Waals surface area contributed by atoms with Crippen LogP contribution in [0.5, 0.6) is 0 Å². The molecule has 0 unspecified atom stereocenters. The van der Waals surface area contributed by atoms with Gasteiger partial charge in [-0.05, 0) is 32.5 Å². The number of hydrogen-bond acceptors (Lipinski definition) is 2. The first-order chi connectivity index (χ1) is 18.8. The first kappa shape index (κ1) is 41.9. The van der Waals surface area contributed by atoms with Crippen molar-refractivity contribution < 1.29 is 9.90 Å². The summed E-state index contributed by atoms with van der Waals surface area (Å²) < 4.78 is 0. The van der Waals surface area contributed by atoms with Gasteiger partial charge in [0.2, 0.25) is 0 Å². The maximum absolute atomic E-state index is 8.36. The Morgan fingerprint density at radius 3 is 0.789 bits per heavy atom. The van der Waals surface area contributed by atoms with E-state index in [1.807, 2.05) is 13.8 Å². The summed E-state index contributed by atoms with van der Waals surface area (Å²) in [6, 6.07) is 0. The second-order valence-corrected chi connectivity index (χ2v) is 11.0. The van der Waals surface area contributed by atoms with Gasteiger partial charge in [-0.3, -0.25) is 4.79 Å². The molecule has 0 heterocycles. The van der Waals surface area contributed by atoms with Gasteiger partial charge < -0.3 is 10.0 Å². The smallest absolute Gasteiger partial charge is 0.290 e. The minimum atomic E-state index is -0.250. The average Bonchev–Trinajstić information content (AvgIpc) is 2.94. The normalized spacial score (nSPS) is 10.6. The van der Waals surface area contributed by atoms with E-state index in [0.29, 0.717) is 0 Å². The summed E-state index contributed by atoms with van der Waals surface area (Å²) >= 11 is 0. The summed E-state index contributed by atoms with van der Waals surface area (Å²) in [7, 11) is 0. The minimum absolute atomic E-state index is 0.250. The fourth-order valence-corrected chi connectivity index (χ4v) is 5.13. The Kier molecular flexibility index (Phi) is 47.9. The summed E-state index contributed by atoms with van der Waals surface area (Å²) in [6.07, 6.45) is 37.9. The van der Waals surface area contributed by atoms with Gasteiger partial charge in [-0.1, -0.05) is 189 Å². The van der Waals surface area contributed by atoms with Crippen molar-refractivity contribution in [2.75, 3.05) is 19.6 Å². The van der Waals surface area contributed by atoms with E-state index in [-0.39, 0.29) is 6.47 Å². The lowest BCUT2D eigenvalue weighted by Crippen LogP contribution is -2.25. The molecule has 0 aromatic heterocycles. The van der Waals surface area contributed by atoms with Crippen LogP contribution in [0.3, 0.4) is 0 Å². The molecular formula is C35H75NO2. The van der Waals surface area contributed by atoms with Crippen LogP contribution in [-0.4, -0.2) is 36.1 Å². The van der Waals surface area contributed by atoms with Crippen molar-refractivity contribution >= 4 is 6.47 Å². The van der Waals surface area contributed by atoms with Gasteiger partial charge in [0.1, 0.15) is 0 Å². The van der Waals surface area contributed by atoms with Gasteiger partial charge in [-0.25, -0.2) is 0 Å². The predicted molar refractivity (Wildman–Crippen MR) is 174 cm³/mol. The Labute approximate surface area is 242 Å². The number of nitrogens with zero attached hydrogens (tertiary/aromatic N) is 1. The Bertz CT molecular complexity index is 345. The molecule has 0 fully saturated rings. The van der Waals surface area contributed by atoms with Gasteiger partial charge in [0.15, 0.2) is 0 Å². The first-order valence-corrected chi connectivity index (χ1v) is 17.6. The van der Waals surface area contributed by atoms with Gasteiger partial charge in [0.25, 0.3) is 6.47 Å². The molecule has 232 valence electrons. The highest BCUT2D eigenvalue weighted by atomic mass is 16.3. The molecular weight excluding hydrogens is 466 g/mol. The van der Waals surface area contributed by atoms with Crippen molar-refractivity contribution in [2.24, 2.45) is 0 Å².